The van der Waals surface area contributed by atoms with Crippen LogP contribution in [0.15, 0.2) is 72.9 Å². The van der Waals surface area contributed by atoms with Crippen LogP contribution in [0, 0.1) is 0 Å². The highest BCUT2D eigenvalue weighted by Gasteiger charge is 2.51. The van der Waals surface area contributed by atoms with Gasteiger partial charge in [0.2, 0.25) is 5.91 Å². The summed E-state index contributed by atoms with van der Waals surface area (Å²) in [5, 5.41) is 87.4. The number of carbonyl (C=O) groups excluding carboxylic acids is 1. The normalized spacial score (nSPS) is 23.7. The maximum absolute atomic E-state index is 13.3. The summed E-state index contributed by atoms with van der Waals surface area (Å²) in [4.78, 5) is 13.3. The Morgan fingerprint density at radius 2 is 0.805 bits per heavy atom. The number of nitrogens with one attached hydrogen (secondary N) is 1. The number of aliphatic hydroxyl groups excluding tert-OH is 8. The molecule has 87 heavy (non-hydrogen) atoms. The first-order valence-corrected chi connectivity index (χ1v) is 35.7. The summed E-state index contributed by atoms with van der Waals surface area (Å²) < 4.78 is 22.8. The predicted molar refractivity (Wildman–Crippen MR) is 355 cm³/mol. The van der Waals surface area contributed by atoms with Crippen molar-refractivity contribution in [2.24, 2.45) is 0 Å². The Balaban J connectivity index is 1.69. The number of carbonyl (C=O) groups is 1. The molecule has 0 aliphatic carbocycles. The molecule has 0 spiro atoms. The third-order valence-electron chi connectivity index (χ3n) is 17.1. The minimum Gasteiger partial charge on any atom is -0.394 e. The lowest BCUT2D eigenvalue weighted by Crippen LogP contribution is -2.65. The maximum atomic E-state index is 13.3. The summed E-state index contributed by atoms with van der Waals surface area (Å²) in [5.41, 5.74) is 0. The SMILES string of the molecule is CC/C=C\C/C=C\C/C=C\C/C=C\CCCCCCCCCCCCC(=O)NC(COC1OC(CO)C(OC2OC(CO)C(O)C(O)C2O)C(O)C1O)C(O)/C=C/CC/C=C/CCCCCCCCCCCCCCCCCCCCCCCCCC. The zero-order chi connectivity index (χ0) is 63.1. The molecule has 0 aromatic carbocycles. The van der Waals surface area contributed by atoms with Crippen LogP contribution in [-0.4, -0.2) is 140 Å². The third-order valence-corrected chi connectivity index (χ3v) is 17.1. The van der Waals surface area contributed by atoms with E-state index in [1.54, 1.807) is 6.08 Å². The zero-order valence-electron chi connectivity index (χ0n) is 55.0. The summed E-state index contributed by atoms with van der Waals surface area (Å²) in [6.45, 7) is 2.70. The molecule has 12 unspecified atom stereocenters. The van der Waals surface area contributed by atoms with E-state index in [0.29, 0.717) is 12.8 Å². The fourth-order valence-electron chi connectivity index (χ4n) is 11.5. The molecule has 0 saturated carbocycles. The topological polar surface area (TPSA) is 228 Å². The van der Waals surface area contributed by atoms with E-state index in [4.69, 9.17) is 18.9 Å². The van der Waals surface area contributed by atoms with Crippen LogP contribution in [0.2, 0.25) is 0 Å². The lowest BCUT2D eigenvalue weighted by Gasteiger charge is -2.46. The first-order valence-electron chi connectivity index (χ1n) is 35.7. The lowest BCUT2D eigenvalue weighted by atomic mass is 9.97. The molecule has 2 rings (SSSR count). The smallest absolute Gasteiger partial charge is 0.220 e. The average Bonchev–Trinajstić information content (AvgIpc) is 2.33. The van der Waals surface area contributed by atoms with Gasteiger partial charge in [-0.25, -0.2) is 0 Å². The van der Waals surface area contributed by atoms with Crippen LogP contribution in [0.3, 0.4) is 0 Å². The number of amides is 1. The molecule has 0 aromatic rings. The number of rotatable bonds is 58. The molecule has 14 heteroatoms. The Hall–Kier alpha value is -2.57. The molecule has 14 nitrogen and oxygen atoms in total. The second-order valence-electron chi connectivity index (χ2n) is 25.0. The Bertz CT molecular complexity index is 1740. The van der Waals surface area contributed by atoms with E-state index in [2.05, 4.69) is 79.9 Å². The Kier molecular flexibility index (Phi) is 53.1. The molecule has 506 valence electrons. The summed E-state index contributed by atoms with van der Waals surface area (Å²) in [6, 6.07) is -0.939. The van der Waals surface area contributed by atoms with Gasteiger partial charge in [0.1, 0.15) is 48.8 Å². The van der Waals surface area contributed by atoms with Gasteiger partial charge in [0.25, 0.3) is 0 Å². The summed E-state index contributed by atoms with van der Waals surface area (Å²) >= 11 is 0. The van der Waals surface area contributed by atoms with E-state index in [1.807, 2.05) is 6.08 Å². The van der Waals surface area contributed by atoms with E-state index in [1.165, 1.54) is 193 Å². The standard InChI is InChI=1S/C73H131NO13/c1-3-5-7-9-11-13-15-17-19-21-23-25-27-28-29-30-31-32-33-35-36-38-40-42-44-46-48-50-52-54-56-62(77)61(60-84-72-70(83)68(81)71(64(59-76)86-72)87-73-69(82)67(80)66(79)63(58-75)85-73)74-65(78)57-55-53-51-49-47-45-43-41-39-37-34-26-24-22-20-18-16-14-12-10-8-6-4-2/h6,8,12,14,18,20,24,26,46,48,54,56,61-64,66-73,75-77,79-83H,3-5,7,9-11,13,15-17,19,21-23,25,27-45,47,49-53,55,57-60H2,1-2H3,(H,74,78)/b8-6-,14-12-,20-18-,26-24-,48-46+,56-54+. The molecular formula is C73H131NO13. The molecule has 2 fully saturated rings. The van der Waals surface area contributed by atoms with E-state index < -0.39 is 86.8 Å². The van der Waals surface area contributed by atoms with Gasteiger partial charge in [-0.05, 0) is 70.6 Å². The number of unbranched alkanes of at least 4 members (excludes halogenated alkanes) is 35. The van der Waals surface area contributed by atoms with Crippen molar-refractivity contribution < 1.29 is 64.6 Å². The van der Waals surface area contributed by atoms with Gasteiger partial charge in [0.15, 0.2) is 12.6 Å². The Morgan fingerprint density at radius 1 is 0.425 bits per heavy atom. The van der Waals surface area contributed by atoms with E-state index in [9.17, 15) is 45.6 Å². The minimum atomic E-state index is -1.79. The Labute approximate surface area is 529 Å². The van der Waals surface area contributed by atoms with Crippen molar-refractivity contribution in [3.8, 4) is 0 Å². The number of hydrogen-bond donors (Lipinski definition) is 9. The first-order chi connectivity index (χ1) is 42.6. The van der Waals surface area contributed by atoms with Gasteiger partial charge in [0, 0.05) is 6.42 Å². The van der Waals surface area contributed by atoms with Gasteiger partial charge in [-0.3, -0.25) is 4.79 Å². The summed E-state index contributed by atoms with van der Waals surface area (Å²) in [5.74, 6) is -0.253. The van der Waals surface area contributed by atoms with Crippen LogP contribution in [-0.2, 0) is 23.7 Å². The van der Waals surface area contributed by atoms with E-state index in [0.717, 1.165) is 64.2 Å². The highest BCUT2D eigenvalue weighted by Crippen LogP contribution is 2.30. The monoisotopic (exact) mass is 1230 g/mol. The van der Waals surface area contributed by atoms with Gasteiger partial charge in [-0.15, -0.1) is 0 Å². The van der Waals surface area contributed by atoms with Crippen LogP contribution < -0.4 is 5.32 Å². The molecule has 9 N–H and O–H groups in total. The van der Waals surface area contributed by atoms with Crippen molar-refractivity contribution in [1.29, 1.82) is 0 Å². The lowest BCUT2D eigenvalue weighted by molar-refractivity contribution is -0.359. The quantitative estimate of drug-likeness (QED) is 0.0204. The molecule has 2 heterocycles. The average molecular weight is 1230 g/mol. The fourth-order valence-corrected chi connectivity index (χ4v) is 11.5. The van der Waals surface area contributed by atoms with Crippen LogP contribution in [0.4, 0.5) is 0 Å². The van der Waals surface area contributed by atoms with Crippen molar-refractivity contribution in [3.63, 3.8) is 0 Å². The van der Waals surface area contributed by atoms with Gasteiger partial charge >= 0.3 is 0 Å². The summed E-state index contributed by atoms with van der Waals surface area (Å²) in [7, 11) is 0. The molecule has 2 aliphatic heterocycles. The first kappa shape index (κ1) is 80.5. The van der Waals surface area contributed by atoms with Gasteiger partial charge < -0.3 is 65.1 Å². The second-order valence-corrected chi connectivity index (χ2v) is 25.0. The van der Waals surface area contributed by atoms with Crippen molar-refractivity contribution in [1.82, 2.24) is 5.32 Å². The van der Waals surface area contributed by atoms with Crippen molar-refractivity contribution in [3.05, 3.63) is 72.9 Å². The molecule has 2 aliphatic rings. The van der Waals surface area contributed by atoms with Gasteiger partial charge in [-0.1, -0.05) is 286 Å². The van der Waals surface area contributed by atoms with Crippen LogP contribution >= 0.6 is 0 Å². The molecule has 0 radical (unpaired) electrons. The van der Waals surface area contributed by atoms with Crippen molar-refractivity contribution in [2.45, 2.75) is 364 Å². The van der Waals surface area contributed by atoms with Gasteiger partial charge in [0.05, 0.1) is 32.0 Å². The van der Waals surface area contributed by atoms with E-state index >= 15 is 0 Å². The fraction of sp³-hybridized carbons (Fsp3) is 0.822. The molecule has 12 atom stereocenters. The third kappa shape index (κ3) is 41.5. The minimum absolute atomic E-state index is 0.253. The van der Waals surface area contributed by atoms with Crippen LogP contribution in [0.25, 0.3) is 0 Å². The van der Waals surface area contributed by atoms with Crippen LogP contribution in [0.5, 0.6) is 0 Å². The number of allylic oxidation sites excluding steroid dienone is 11. The molecular weight excluding hydrogens is 1100 g/mol. The largest absolute Gasteiger partial charge is 0.394 e. The highest BCUT2D eigenvalue weighted by molar-refractivity contribution is 5.76. The maximum Gasteiger partial charge on any atom is 0.220 e. The number of ether oxygens (including phenoxy) is 4. The number of hydrogen-bond acceptors (Lipinski definition) is 13. The predicted octanol–water partition coefficient (Wildman–Crippen LogP) is 14.6. The van der Waals surface area contributed by atoms with Crippen LogP contribution in [0.1, 0.15) is 290 Å². The Morgan fingerprint density at radius 3 is 1.26 bits per heavy atom. The second kappa shape index (κ2) is 57.3. The molecule has 0 aromatic heterocycles. The van der Waals surface area contributed by atoms with E-state index in [-0.39, 0.29) is 18.9 Å². The molecule has 1 amide bonds. The zero-order valence-corrected chi connectivity index (χ0v) is 55.0. The number of aliphatic hydroxyl groups is 8. The molecule has 2 saturated heterocycles. The van der Waals surface area contributed by atoms with Crippen molar-refractivity contribution in [2.75, 3.05) is 19.8 Å². The van der Waals surface area contributed by atoms with Gasteiger partial charge in [-0.2, -0.15) is 0 Å². The summed E-state index contributed by atoms with van der Waals surface area (Å²) in [6.07, 6.45) is 61.1. The highest BCUT2D eigenvalue weighted by atomic mass is 16.7. The van der Waals surface area contributed by atoms with Crippen molar-refractivity contribution >= 4 is 5.91 Å². The molecule has 0 bridgehead atoms.